The third kappa shape index (κ3) is 7.32. The Balaban J connectivity index is 0.560. The van der Waals surface area contributed by atoms with Crippen molar-refractivity contribution in [1.82, 2.24) is 0 Å². The molecule has 6 nitrogen and oxygen atoms in total. The van der Waals surface area contributed by atoms with Gasteiger partial charge >= 0.3 is 5.97 Å². The summed E-state index contributed by atoms with van der Waals surface area (Å²) in [4.78, 5) is 12.2. The standard InChI is InChI=1S/C59H88O6/c60-59(61)50-5-6-62-58-29-43-28-57-49(18-39(43)22-51(50)58)21-48-17-38-16-47-20-46-15-37-14-45-19-44-13-36-11-34-9-32-7-30-3-1-2-4-31(30)8-33(32)10-35(34)12-40(36)23-52(44)63-53(45)24-41(37)25-54(46)64-55(47)26-42(38)27-56(48)65-57/h30-58H,1-29H2,(H,60,61). The number of carbonyl (C=O) groups is 1. The molecular weight excluding hydrogens is 805 g/mol. The van der Waals surface area contributed by atoms with Crippen molar-refractivity contribution < 1.29 is 28.8 Å². The fraction of sp³-hybridized carbons (Fsp3) is 0.983. The summed E-state index contributed by atoms with van der Waals surface area (Å²) >= 11 is 0. The first kappa shape index (κ1) is 42.0. The van der Waals surface area contributed by atoms with Crippen molar-refractivity contribution >= 4 is 5.97 Å². The molecule has 15 fully saturated rings. The molecule has 0 amide bonds. The van der Waals surface area contributed by atoms with Gasteiger partial charge in [0, 0.05) is 6.61 Å². The molecule has 0 aromatic heterocycles. The highest BCUT2D eigenvalue weighted by Gasteiger charge is 2.58. The van der Waals surface area contributed by atoms with Crippen LogP contribution in [-0.2, 0) is 23.7 Å². The third-order valence-corrected chi connectivity index (χ3v) is 25.7. The molecule has 360 valence electrons. The van der Waals surface area contributed by atoms with Gasteiger partial charge in [0.2, 0.25) is 0 Å². The molecule has 0 bridgehead atoms. The number of hydrogen-bond acceptors (Lipinski definition) is 5. The van der Waals surface area contributed by atoms with E-state index in [0.29, 0.717) is 67.4 Å². The van der Waals surface area contributed by atoms with Crippen LogP contribution in [0.3, 0.4) is 0 Å². The van der Waals surface area contributed by atoms with E-state index in [1.54, 1.807) is 51.4 Å². The van der Waals surface area contributed by atoms with E-state index in [4.69, 9.17) is 18.9 Å². The normalized spacial score (nSPS) is 60.7. The predicted molar refractivity (Wildman–Crippen MR) is 249 cm³/mol. The molecule has 4 saturated heterocycles. The molecule has 0 radical (unpaired) electrons. The van der Waals surface area contributed by atoms with Crippen LogP contribution >= 0.6 is 0 Å². The van der Waals surface area contributed by atoms with Gasteiger partial charge in [-0.3, -0.25) is 4.79 Å². The van der Waals surface area contributed by atoms with Crippen LogP contribution in [0, 0.1) is 130 Å². The zero-order valence-electron chi connectivity index (χ0n) is 40.2. The highest BCUT2D eigenvalue weighted by molar-refractivity contribution is 5.70. The number of hydrogen-bond donors (Lipinski definition) is 1. The molecule has 4 heterocycles. The van der Waals surface area contributed by atoms with Crippen molar-refractivity contribution in [3.63, 3.8) is 0 Å². The molecule has 4 aliphatic heterocycles. The van der Waals surface area contributed by atoms with E-state index in [9.17, 15) is 9.90 Å². The maximum absolute atomic E-state index is 12.2. The lowest BCUT2D eigenvalue weighted by atomic mass is 9.50. The molecular formula is C59H88O6. The molecule has 6 heteroatoms. The molecule has 0 aromatic carbocycles. The molecule has 1 N–H and O–H groups in total. The summed E-state index contributed by atoms with van der Waals surface area (Å²) in [5.41, 5.74) is 0. The summed E-state index contributed by atoms with van der Waals surface area (Å²) < 4.78 is 28.3. The van der Waals surface area contributed by atoms with E-state index >= 15 is 0 Å². The SMILES string of the molecule is O=C(O)C1CCOC2CC3CC4OC5CC6CC7OC8CC9CC%10OC%11CC%12CC%13CC%14CC%15CCCCC%15CC%14CC%13CC%12CC%11CC%10CC9CC8CC7CC6CC5CC4CC3CC21. The molecule has 15 rings (SSSR count). The molecule has 0 spiro atoms. The molecule has 15 aliphatic rings. The van der Waals surface area contributed by atoms with E-state index in [1.165, 1.54) is 109 Å². The number of fused-ring (bicyclic) bond motifs is 14. The van der Waals surface area contributed by atoms with Crippen molar-refractivity contribution in [3.05, 3.63) is 0 Å². The number of aliphatic carboxylic acids is 1. The molecule has 0 aromatic rings. The smallest absolute Gasteiger partial charge is 0.306 e. The highest BCUT2D eigenvalue weighted by atomic mass is 16.5. The van der Waals surface area contributed by atoms with Crippen LogP contribution in [0.2, 0.25) is 0 Å². The Kier molecular flexibility index (Phi) is 10.6. The summed E-state index contributed by atoms with van der Waals surface area (Å²) in [5.74, 6) is 17.3. The Labute approximate surface area is 392 Å². The van der Waals surface area contributed by atoms with Gasteiger partial charge in [-0.25, -0.2) is 0 Å². The Morgan fingerprint density at radius 1 is 0.292 bits per heavy atom. The van der Waals surface area contributed by atoms with E-state index in [2.05, 4.69) is 0 Å². The van der Waals surface area contributed by atoms with Crippen LogP contribution in [0.4, 0.5) is 0 Å². The van der Waals surface area contributed by atoms with Gasteiger partial charge in [-0.05, 0) is 278 Å². The second-order valence-corrected chi connectivity index (χ2v) is 28.4. The maximum atomic E-state index is 12.2. The topological polar surface area (TPSA) is 74.2 Å². The van der Waals surface area contributed by atoms with Crippen molar-refractivity contribution in [3.8, 4) is 0 Å². The first-order valence-electron chi connectivity index (χ1n) is 29.7. The Hall–Kier alpha value is -0.690. The van der Waals surface area contributed by atoms with E-state index in [1.807, 2.05) is 0 Å². The maximum Gasteiger partial charge on any atom is 0.306 e. The lowest BCUT2D eigenvalue weighted by molar-refractivity contribution is -0.216. The van der Waals surface area contributed by atoms with Crippen LogP contribution in [0.25, 0.3) is 0 Å². The minimum atomic E-state index is -0.586. The largest absolute Gasteiger partial charge is 0.481 e. The third-order valence-electron chi connectivity index (χ3n) is 25.7. The van der Waals surface area contributed by atoms with Gasteiger partial charge < -0.3 is 24.1 Å². The van der Waals surface area contributed by atoms with Gasteiger partial charge in [0.1, 0.15) is 0 Å². The van der Waals surface area contributed by atoms with Crippen LogP contribution < -0.4 is 0 Å². The summed E-state index contributed by atoms with van der Waals surface area (Å²) in [6.07, 6.45) is 42.4. The first-order chi connectivity index (χ1) is 31.8. The van der Waals surface area contributed by atoms with Gasteiger partial charge in [0.25, 0.3) is 0 Å². The van der Waals surface area contributed by atoms with Crippen LogP contribution in [0.1, 0.15) is 180 Å². The zero-order valence-corrected chi connectivity index (χ0v) is 40.2. The average Bonchev–Trinajstić information content (AvgIpc) is 3.30. The second kappa shape index (κ2) is 16.4. The minimum Gasteiger partial charge on any atom is -0.481 e. The van der Waals surface area contributed by atoms with Gasteiger partial charge in [-0.2, -0.15) is 0 Å². The van der Waals surface area contributed by atoms with Gasteiger partial charge in [-0.1, -0.05) is 25.7 Å². The van der Waals surface area contributed by atoms with Crippen LogP contribution in [0.5, 0.6) is 0 Å². The lowest BCUT2D eigenvalue weighted by Gasteiger charge is -2.59. The van der Waals surface area contributed by atoms with E-state index in [0.717, 1.165) is 113 Å². The molecule has 29 atom stereocenters. The average molecular weight is 893 g/mol. The molecule has 29 unspecified atom stereocenters. The van der Waals surface area contributed by atoms with Crippen molar-refractivity contribution in [1.29, 1.82) is 0 Å². The fourth-order valence-corrected chi connectivity index (χ4v) is 23.0. The van der Waals surface area contributed by atoms with E-state index < -0.39 is 5.97 Å². The Bertz CT molecular complexity index is 1780. The van der Waals surface area contributed by atoms with Crippen molar-refractivity contribution in [2.24, 2.45) is 130 Å². The minimum absolute atomic E-state index is 0.151. The summed E-state index contributed by atoms with van der Waals surface area (Å²) in [6, 6.07) is 0. The second-order valence-electron chi connectivity index (χ2n) is 28.4. The van der Waals surface area contributed by atoms with Crippen molar-refractivity contribution in [2.75, 3.05) is 6.61 Å². The molecule has 11 aliphatic carbocycles. The Morgan fingerprint density at radius 2 is 0.554 bits per heavy atom. The van der Waals surface area contributed by atoms with Crippen LogP contribution in [-0.4, -0.2) is 60.4 Å². The predicted octanol–water partition coefficient (Wildman–Crippen LogP) is 12.4. The van der Waals surface area contributed by atoms with Crippen LogP contribution in [0.15, 0.2) is 0 Å². The zero-order chi connectivity index (χ0) is 42.7. The summed E-state index contributed by atoms with van der Waals surface area (Å²) in [6.45, 7) is 0.622. The molecule has 65 heavy (non-hydrogen) atoms. The first-order valence-corrected chi connectivity index (χ1v) is 29.7. The quantitative estimate of drug-likeness (QED) is 0.283. The highest BCUT2D eigenvalue weighted by Crippen LogP contribution is 2.62. The lowest BCUT2D eigenvalue weighted by Crippen LogP contribution is -2.56. The summed E-state index contributed by atoms with van der Waals surface area (Å²) in [5, 5.41) is 10.0. The summed E-state index contributed by atoms with van der Waals surface area (Å²) in [7, 11) is 0. The van der Waals surface area contributed by atoms with Gasteiger partial charge in [-0.15, -0.1) is 0 Å². The van der Waals surface area contributed by atoms with E-state index in [-0.39, 0.29) is 17.9 Å². The van der Waals surface area contributed by atoms with Gasteiger partial charge in [0.05, 0.1) is 48.6 Å². The number of carboxylic acid groups (broad SMARTS) is 1. The monoisotopic (exact) mass is 893 g/mol. The Morgan fingerprint density at radius 3 is 0.908 bits per heavy atom. The number of carboxylic acids is 1. The number of rotatable bonds is 1. The number of ether oxygens (including phenoxy) is 4. The van der Waals surface area contributed by atoms with Crippen molar-refractivity contribution in [2.45, 2.75) is 223 Å². The molecule has 11 saturated carbocycles. The van der Waals surface area contributed by atoms with Gasteiger partial charge in [0.15, 0.2) is 0 Å². The fourth-order valence-electron chi connectivity index (χ4n) is 23.0.